The summed E-state index contributed by atoms with van der Waals surface area (Å²) in [6, 6.07) is 4.58. The molecule has 4 nitrogen and oxygen atoms in total. The van der Waals surface area contributed by atoms with Crippen molar-refractivity contribution in [3.63, 3.8) is 0 Å². The number of benzene rings is 1. The van der Waals surface area contributed by atoms with Crippen LogP contribution in [0.5, 0.6) is 0 Å². The van der Waals surface area contributed by atoms with Crippen LogP contribution in [-0.4, -0.2) is 25.8 Å². The van der Waals surface area contributed by atoms with Crippen LogP contribution < -0.4 is 5.73 Å². The second-order valence-corrected chi connectivity index (χ2v) is 8.64. The molecule has 2 aliphatic rings. The molecule has 1 aromatic rings. The van der Waals surface area contributed by atoms with Crippen molar-refractivity contribution in [3.05, 3.63) is 23.2 Å². The van der Waals surface area contributed by atoms with Crippen LogP contribution in [0.25, 0.3) is 0 Å². The lowest BCUT2D eigenvalue weighted by atomic mass is 9.78. The second kappa shape index (κ2) is 5.45. The summed E-state index contributed by atoms with van der Waals surface area (Å²) in [7, 11) is -3.51. The van der Waals surface area contributed by atoms with Gasteiger partial charge in [0.15, 0.2) is 0 Å². The monoisotopic (exact) mass is 328 g/mol. The average molecular weight is 329 g/mol. The molecule has 0 atom stereocenters. The van der Waals surface area contributed by atoms with Crippen molar-refractivity contribution in [2.24, 2.45) is 5.41 Å². The van der Waals surface area contributed by atoms with E-state index in [2.05, 4.69) is 0 Å². The van der Waals surface area contributed by atoms with E-state index < -0.39 is 10.0 Å². The molecule has 0 aromatic heterocycles. The fraction of sp³-hybridized carbons (Fsp3) is 0.600. The first kappa shape index (κ1) is 15.1. The van der Waals surface area contributed by atoms with Crippen LogP contribution in [0.4, 0.5) is 5.69 Å². The van der Waals surface area contributed by atoms with Crippen LogP contribution in [0.3, 0.4) is 0 Å². The molecule has 6 heteroatoms. The summed E-state index contributed by atoms with van der Waals surface area (Å²) in [6.45, 7) is 1.20. The van der Waals surface area contributed by atoms with Gasteiger partial charge in [0, 0.05) is 18.1 Å². The Morgan fingerprint density at radius 2 is 1.71 bits per heavy atom. The summed E-state index contributed by atoms with van der Waals surface area (Å²) in [5.74, 6) is 0. The molecule has 1 saturated heterocycles. The number of nitrogens with two attached hydrogens (primary N) is 1. The van der Waals surface area contributed by atoms with Gasteiger partial charge in [0.2, 0.25) is 10.0 Å². The van der Waals surface area contributed by atoms with Crippen molar-refractivity contribution in [1.29, 1.82) is 0 Å². The maximum Gasteiger partial charge on any atom is 0.245 e. The van der Waals surface area contributed by atoms with Gasteiger partial charge in [-0.25, -0.2) is 8.42 Å². The Morgan fingerprint density at radius 1 is 1.10 bits per heavy atom. The van der Waals surface area contributed by atoms with Gasteiger partial charge in [0.25, 0.3) is 0 Å². The topological polar surface area (TPSA) is 63.4 Å². The number of hydrogen-bond acceptors (Lipinski definition) is 3. The molecule has 1 aliphatic heterocycles. The van der Waals surface area contributed by atoms with Gasteiger partial charge < -0.3 is 5.73 Å². The standard InChI is InChI=1S/C15H21ClN2O2S/c16-12-3-4-14(13(17)11-12)21(19,20)18-9-7-15(8-10-18)5-1-2-6-15/h3-4,11H,1-2,5-10,17H2. The molecule has 1 spiro atoms. The van der Waals surface area contributed by atoms with Crippen LogP contribution >= 0.6 is 11.6 Å². The first-order valence-electron chi connectivity index (χ1n) is 7.48. The van der Waals surface area contributed by atoms with Crippen molar-refractivity contribution in [3.8, 4) is 0 Å². The van der Waals surface area contributed by atoms with Crippen molar-refractivity contribution >= 4 is 27.3 Å². The van der Waals surface area contributed by atoms with E-state index in [1.807, 2.05) is 0 Å². The fourth-order valence-electron chi connectivity index (χ4n) is 3.72. The van der Waals surface area contributed by atoms with Gasteiger partial charge in [-0.3, -0.25) is 0 Å². The van der Waals surface area contributed by atoms with Gasteiger partial charge in [-0.15, -0.1) is 0 Å². The summed E-state index contributed by atoms with van der Waals surface area (Å²) in [5, 5.41) is 0.454. The van der Waals surface area contributed by atoms with Crippen molar-refractivity contribution in [1.82, 2.24) is 4.31 Å². The lowest BCUT2D eigenvalue weighted by Gasteiger charge is -2.38. The molecule has 0 bridgehead atoms. The molecule has 1 saturated carbocycles. The van der Waals surface area contributed by atoms with E-state index in [4.69, 9.17) is 17.3 Å². The lowest BCUT2D eigenvalue weighted by molar-refractivity contribution is 0.160. The predicted octanol–water partition coefficient (Wildman–Crippen LogP) is 3.27. The fourth-order valence-corrected chi connectivity index (χ4v) is 5.44. The molecule has 1 aliphatic carbocycles. The average Bonchev–Trinajstić information content (AvgIpc) is 2.87. The highest BCUT2D eigenvalue weighted by atomic mass is 35.5. The first-order chi connectivity index (χ1) is 9.93. The molecule has 2 N–H and O–H groups in total. The summed E-state index contributed by atoms with van der Waals surface area (Å²) < 4.78 is 27.0. The van der Waals surface area contributed by atoms with E-state index in [-0.39, 0.29) is 10.6 Å². The van der Waals surface area contributed by atoms with E-state index in [0.29, 0.717) is 23.5 Å². The van der Waals surface area contributed by atoms with Gasteiger partial charge in [0.1, 0.15) is 4.90 Å². The minimum Gasteiger partial charge on any atom is -0.398 e. The molecule has 0 radical (unpaired) electrons. The number of halogens is 1. The minimum atomic E-state index is -3.51. The summed E-state index contributed by atoms with van der Waals surface area (Å²) in [5.41, 5.74) is 6.47. The number of sulfonamides is 1. The third kappa shape index (κ3) is 2.79. The summed E-state index contributed by atoms with van der Waals surface area (Å²) in [4.78, 5) is 0.175. The zero-order chi connectivity index (χ0) is 15.1. The Labute approximate surface area is 131 Å². The molecule has 116 valence electrons. The number of rotatable bonds is 2. The number of nitrogens with zero attached hydrogens (tertiary/aromatic N) is 1. The van der Waals surface area contributed by atoms with Gasteiger partial charge >= 0.3 is 0 Å². The maximum absolute atomic E-state index is 12.7. The maximum atomic E-state index is 12.7. The molecular formula is C15H21ClN2O2S. The Hall–Kier alpha value is -0.780. The molecule has 3 rings (SSSR count). The van der Waals surface area contributed by atoms with E-state index >= 15 is 0 Å². The molecule has 1 heterocycles. The number of hydrogen-bond donors (Lipinski definition) is 1. The normalized spacial score (nSPS) is 22.7. The Kier molecular flexibility index (Phi) is 3.93. The van der Waals surface area contributed by atoms with E-state index in [1.165, 1.54) is 37.8 Å². The third-order valence-corrected chi connectivity index (χ3v) is 7.24. The quantitative estimate of drug-likeness (QED) is 0.847. The molecule has 2 fully saturated rings. The Morgan fingerprint density at radius 3 is 2.29 bits per heavy atom. The Bertz CT molecular complexity index is 629. The highest BCUT2D eigenvalue weighted by Gasteiger charge is 2.40. The molecule has 0 unspecified atom stereocenters. The summed E-state index contributed by atoms with van der Waals surface area (Å²) in [6.07, 6.45) is 7.03. The highest BCUT2D eigenvalue weighted by molar-refractivity contribution is 7.89. The lowest BCUT2D eigenvalue weighted by Crippen LogP contribution is -2.42. The van der Waals surface area contributed by atoms with Gasteiger partial charge in [-0.05, 0) is 49.3 Å². The number of anilines is 1. The van der Waals surface area contributed by atoms with E-state index in [0.717, 1.165) is 12.8 Å². The van der Waals surface area contributed by atoms with Gasteiger partial charge in [-0.2, -0.15) is 4.31 Å². The highest BCUT2D eigenvalue weighted by Crippen LogP contribution is 2.46. The van der Waals surface area contributed by atoms with Crippen LogP contribution in [0, 0.1) is 5.41 Å². The minimum absolute atomic E-state index is 0.175. The number of piperidine rings is 1. The van der Waals surface area contributed by atoms with Gasteiger partial charge in [0.05, 0.1) is 5.69 Å². The van der Waals surface area contributed by atoms with Crippen LogP contribution in [0.1, 0.15) is 38.5 Å². The zero-order valence-corrected chi connectivity index (χ0v) is 13.6. The molecule has 1 aromatic carbocycles. The largest absolute Gasteiger partial charge is 0.398 e. The number of nitrogen functional groups attached to an aromatic ring is 1. The third-order valence-electron chi connectivity index (χ3n) is 5.04. The Balaban J connectivity index is 1.80. The van der Waals surface area contributed by atoms with Crippen molar-refractivity contribution < 1.29 is 8.42 Å². The zero-order valence-electron chi connectivity index (χ0n) is 12.0. The van der Waals surface area contributed by atoms with Crippen molar-refractivity contribution in [2.75, 3.05) is 18.8 Å². The smallest absolute Gasteiger partial charge is 0.245 e. The van der Waals surface area contributed by atoms with Crippen LogP contribution in [0.15, 0.2) is 23.1 Å². The van der Waals surface area contributed by atoms with E-state index in [1.54, 1.807) is 10.4 Å². The van der Waals surface area contributed by atoms with Gasteiger partial charge in [-0.1, -0.05) is 24.4 Å². The van der Waals surface area contributed by atoms with E-state index in [9.17, 15) is 8.42 Å². The van der Waals surface area contributed by atoms with Crippen molar-refractivity contribution in [2.45, 2.75) is 43.4 Å². The van der Waals surface area contributed by atoms with Crippen LogP contribution in [-0.2, 0) is 10.0 Å². The second-order valence-electron chi connectivity index (χ2n) is 6.29. The predicted molar refractivity (Wildman–Crippen MR) is 84.8 cm³/mol. The summed E-state index contributed by atoms with van der Waals surface area (Å²) >= 11 is 5.85. The molecular weight excluding hydrogens is 308 g/mol. The molecule has 21 heavy (non-hydrogen) atoms. The SMILES string of the molecule is Nc1cc(Cl)ccc1S(=O)(=O)N1CCC2(CCCC2)CC1. The molecule has 0 amide bonds. The first-order valence-corrected chi connectivity index (χ1v) is 9.30. The van der Waals surface area contributed by atoms with Crippen LogP contribution in [0.2, 0.25) is 5.02 Å².